The lowest BCUT2D eigenvalue weighted by atomic mass is 9.81. The van der Waals surface area contributed by atoms with Gasteiger partial charge in [-0.05, 0) is 205 Å². The molecule has 2 saturated carbocycles. The number of hydrogen-bond donors (Lipinski definition) is 0. The van der Waals surface area contributed by atoms with Crippen molar-refractivity contribution >= 4 is 68.4 Å². The van der Waals surface area contributed by atoms with Crippen LogP contribution in [0.3, 0.4) is 0 Å². The van der Waals surface area contributed by atoms with Gasteiger partial charge in [-0.3, -0.25) is 14.7 Å². The normalized spacial score (nSPS) is 15.0. The molecule has 3 aromatic heterocycles. The van der Waals surface area contributed by atoms with Crippen molar-refractivity contribution in [2.45, 2.75) is 168 Å². The average Bonchev–Trinajstić information content (AvgIpc) is 0.983. The predicted octanol–water partition coefficient (Wildman–Crippen LogP) is 23.5. The molecule has 640 valence electrons. The quantitative estimate of drug-likeness (QED) is 0.0225. The van der Waals surface area contributed by atoms with Gasteiger partial charge in [0.05, 0.1) is 89.4 Å². The van der Waals surface area contributed by atoms with Crippen LogP contribution in [0.25, 0.3) is 32.7 Å². The van der Waals surface area contributed by atoms with E-state index in [0.717, 1.165) is 27.5 Å². The third-order valence-corrected chi connectivity index (χ3v) is 21.1. The number of pyridine rings is 3. The Hall–Kier alpha value is -10.5. The maximum absolute atomic E-state index is 14.7. The molecule has 119 heavy (non-hydrogen) atoms. The Morgan fingerprint density at radius 3 is 1.04 bits per heavy atom. The maximum atomic E-state index is 14.7. The fraction of sp³-hybridized carbons (Fsp3) is 0.442. The number of carbonyl (C=O) groups is 3. The molecule has 0 radical (unpaired) electrons. The topological polar surface area (TPSA) is 137 Å². The van der Waals surface area contributed by atoms with E-state index >= 15 is 0 Å². The van der Waals surface area contributed by atoms with Gasteiger partial charge in [0.15, 0.2) is 0 Å². The molecule has 2 aliphatic carbocycles. The van der Waals surface area contributed by atoms with E-state index < -0.39 is 132 Å². The van der Waals surface area contributed by atoms with Gasteiger partial charge in [-0.25, -0.2) is 29.3 Å². The van der Waals surface area contributed by atoms with E-state index in [1.54, 1.807) is 91.0 Å². The van der Waals surface area contributed by atoms with Crippen LogP contribution in [0.5, 0.6) is 0 Å². The summed E-state index contributed by atoms with van der Waals surface area (Å²) in [5.41, 5.74) is -8.21. The molecule has 0 bridgehead atoms. The van der Waals surface area contributed by atoms with Gasteiger partial charge >= 0.3 is 55.3 Å². The van der Waals surface area contributed by atoms with Crippen LogP contribution in [0.2, 0.25) is 0 Å². The molecule has 3 heterocycles. The number of alkyl halides is 18. The lowest BCUT2D eigenvalue weighted by Crippen LogP contribution is -2.36. The number of halogens is 18. The van der Waals surface area contributed by atoms with Gasteiger partial charge in [-0.1, -0.05) is 67.4 Å². The number of carbonyl (C=O) groups excluding carboxylic acids is 3. The second-order valence-corrected chi connectivity index (χ2v) is 30.1. The number of fused-ring (bicyclic) bond motifs is 3. The van der Waals surface area contributed by atoms with Gasteiger partial charge < -0.3 is 28.9 Å². The highest BCUT2D eigenvalue weighted by Gasteiger charge is 2.42. The second-order valence-electron chi connectivity index (χ2n) is 30.1. The van der Waals surface area contributed by atoms with Crippen molar-refractivity contribution in [3.8, 4) is 0 Å². The first kappa shape index (κ1) is 89.3. The number of hydrogen-bond acceptors (Lipinski definition) is 12. The van der Waals surface area contributed by atoms with Crippen molar-refractivity contribution in [3.63, 3.8) is 0 Å². The van der Waals surface area contributed by atoms with Crippen LogP contribution in [0, 0.1) is 17.8 Å². The summed E-state index contributed by atoms with van der Waals surface area (Å²) >= 11 is 0. The smallest absolute Gasteiger partial charge is 0.416 e. The second kappa shape index (κ2) is 37.8. The molecule has 2 unspecified atom stereocenters. The lowest BCUT2D eigenvalue weighted by Gasteiger charge is -2.35. The summed E-state index contributed by atoms with van der Waals surface area (Å²) in [6.45, 7) is 5.18. The molecule has 2 atom stereocenters. The minimum Gasteiger partial charge on any atom is -0.450 e. The summed E-state index contributed by atoms with van der Waals surface area (Å²) in [4.78, 5) is 66.8. The van der Waals surface area contributed by atoms with E-state index in [2.05, 4.69) is 0 Å². The molecule has 6 aromatic carbocycles. The van der Waals surface area contributed by atoms with Crippen molar-refractivity contribution < 1.29 is 108 Å². The number of aromatic nitrogens is 3. The van der Waals surface area contributed by atoms with Gasteiger partial charge in [0, 0.05) is 91.8 Å². The number of anilines is 3. The summed E-state index contributed by atoms with van der Waals surface area (Å²) in [6, 6.07) is 29.4. The number of nitrogens with zero attached hydrogens (tertiary/aromatic N) is 9. The van der Waals surface area contributed by atoms with Crippen LogP contribution in [0.1, 0.15) is 159 Å². The van der Waals surface area contributed by atoms with Gasteiger partial charge in [-0.15, -0.1) is 0 Å². The van der Waals surface area contributed by atoms with Crippen LogP contribution in [0.4, 0.5) is 111 Å². The zero-order chi connectivity index (χ0) is 85.9. The molecule has 0 saturated heterocycles. The summed E-state index contributed by atoms with van der Waals surface area (Å²) in [5.74, 6) is 0.987. The first-order valence-corrected chi connectivity index (χ1v) is 39.3. The molecule has 0 N–H and O–H groups in total. The minimum atomic E-state index is -5.25. The number of amides is 3. The maximum Gasteiger partial charge on any atom is 0.416 e. The highest BCUT2D eigenvalue weighted by molar-refractivity contribution is 5.84. The van der Waals surface area contributed by atoms with Gasteiger partial charge in [-0.2, -0.15) is 79.0 Å². The average molecular weight is 1690 g/mol. The molecule has 11 rings (SSSR count). The number of unbranched alkanes of at least 4 members (excludes halogenated alkanes) is 3. The minimum absolute atomic E-state index is 0.0106. The van der Waals surface area contributed by atoms with Crippen LogP contribution in [-0.2, 0) is 90.5 Å². The Kier molecular flexibility index (Phi) is 28.4. The number of benzene rings is 6. The summed E-state index contributed by atoms with van der Waals surface area (Å²) in [5, 5.41) is 1.82. The highest BCUT2D eigenvalue weighted by Crippen LogP contribution is 2.43. The third-order valence-electron chi connectivity index (χ3n) is 21.1. The number of para-hydroxylation sites is 3. The number of ether oxygens (including phenoxy) is 3. The molecule has 9 aromatic rings. The van der Waals surface area contributed by atoms with E-state index in [1.807, 2.05) is 35.5 Å². The van der Waals surface area contributed by atoms with Crippen molar-refractivity contribution in [1.29, 1.82) is 0 Å². The van der Waals surface area contributed by atoms with Gasteiger partial charge in [0.1, 0.15) is 17.5 Å². The Morgan fingerprint density at radius 2 is 0.689 bits per heavy atom. The SMILES string of the molecule is CCOC(=O)N(Cc1cc(C(F)(F)F)cc(C(F)(F)F)c1)Cc1cc2ccccc2nc1N(CC)CCCCCCOC(=O)N(Cc1cc(C(F)(F)F)cc(C(F)(F)F)c1)Cc1cc2ccccc2nc1N(CC)CC1CCCC(COC(=O)N(Cc2cc(C(F)(F)F)cc(C(F)(F)F)c2)Cc2cc3ccccc3nc2N(CC)CC2CC2)C1. The zero-order valence-electron chi connectivity index (χ0n) is 65.5. The van der Waals surface area contributed by atoms with Crippen LogP contribution < -0.4 is 14.7 Å². The largest absolute Gasteiger partial charge is 0.450 e. The van der Waals surface area contributed by atoms with E-state index in [4.69, 9.17) is 29.2 Å². The van der Waals surface area contributed by atoms with Crippen molar-refractivity contribution in [1.82, 2.24) is 29.7 Å². The molecule has 3 amide bonds. The summed E-state index contributed by atoms with van der Waals surface area (Å²) in [7, 11) is 0. The summed E-state index contributed by atoms with van der Waals surface area (Å²) < 4.78 is 274. The fourth-order valence-corrected chi connectivity index (χ4v) is 15.1. The van der Waals surface area contributed by atoms with Crippen molar-refractivity contribution in [2.24, 2.45) is 17.8 Å². The Morgan fingerprint density at radius 1 is 0.361 bits per heavy atom. The first-order valence-electron chi connectivity index (χ1n) is 39.3. The van der Waals surface area contributed by atoms with E-state index in [-0.39, 0.29) is 82.5 Å². The first-order chi connectivity index (χ1) is 56.2. The van der Waals surface area contributed by atoms with E-state index in [0.29, 0.717) is 180 Å². The molecule has 0 aliphatic heterocycles. The van der Waals surface area contributed by atoms with Crippen LogP contribution in [0.15, 0.2) is 146 Å². The molecule has 15 nitrogen and oxygen atoms in total. The van der Waals surface area contributed by atoms with Gasteiger partial charge in [0.2, 0.25) is 0 Å². The standard InChI is InChI=1S/C86H89F18N9O6/c1-5-108(75-63(39-60-22-11-14-25-72(60)105-75)50-111(78(114)117-8-4)47-57-33-66(81(87,88)89)42-67(34-57)82(90,91)92)30-17-9-10-18-31-118-79(115)112(48-58-35-68(83(93,94)95)43-69(36-58)84(96,97)98)51-64-40-61-23-13-16-27-74(61)107-77(64)110(7-3)46-55-20-19-21-56(32-55)53-119-80(116)113(49-59-37-70(85(99,100)101)44-71(38-59)86(102,103)104)52-65-41-62-24-12-15-26-73(62)106-76(65)109(6-2)45-54-28-29-54/h11-16,22-27,33-44,54-56H,5-10,17-21,28-32,45-53H2,1-4H3. The predicted molar refractivity (Wildman–Crippen MR) is 412 cm³/mol. The number of rotatable bonds is 32. The zero-order valence-corrected chi connectivity index (χ0v) is 65.5. The fourth-order valence-electron chi connectivity index (χ4n) is 15.1. The summed E-state index contributed by atoms with van der Waals surface area (Å²) in [6.07, 6.45) is -28.7. The Balaban J connectivity index is 0.804. The Bertz CT molecular complexity index is 4920. The van der Waals surface area contributed by atoms with Crippen LogP contribution in [-0.4, -0.2) is 107 Å². The van der Waals surface area contributed by atoms with E-state index in [1.165, 1.54) is 6.92 Å². The van der Waals surface area contributed by atoms with Crippen molar-refractivity contribution in [3.05, 3.63) is 212 Å². The lowest BCUT2D eigenvalue weighted by molar-refractivity contribution is -0.144. The van der Waals surface area contributed by atoms with Crippen LogP contribution >= 0.6 is 0 Å². The molecular formula is C86H89F18N9O6. The monoisotopic (exact) mass is 1690 g/mol. The van der Waals surface area contributed by atoms with Crippen molar-refractivity contribution in [2.75, 3.05) is 73.8 Å². The highest BCUT2D eigenvalue weighted by atomic mass is 19.4. The molecule has 0 spiro atoms. The van der Waals surface area contributed by atoms with E-state index in [9.17, 15) is 93.4 Å². The molecule has 2 fully saturated rings. The Labute approximate surface area is 675 Å². The van der Waals surface area contributed by atoms with Gasteiger partial charge in [0.25, 0.3) is 0 Å². The third kappa shape index (κ3) is 24.0. The molecular weight excluding hydrogens is 1600 g/mol. The molecule has 33 heteroatoms. The molecule has 2 aliphatic rings.